The molecule has 106 valence electrons. The van der Waals surface area contributed by atoms with Gasteiger partial charge >= 0.3 is 0 Å². The van der Waals surface area contributed by atoms with Gasteiger partial charge in [-0.2, -0.15) is 0 Å². The molecule has 2 aromatic carbocycles. The summed E-state index contributed by atoms with van der Waals surface area (Å²) in [5.41, 5.74) is 3.27. The van der Waals surface area contributed by atoms with Crippen LogP contribution in [0.25, 0.3) is 0 Å². The van der Waals surface area contributed by atoms with Crippen molar-refractivity contribution in [2.24, 2.45) is 0 Å². The van der Waals surface area contributed by atoms with E-state index in [2.05, 4.69) is 52.4 Å². The molecule has 1 N–H and O–H groups in total. The lowest BCUT2D eigenvalue weighted by Gasteiger charge is -2.17. The van der Waals surface area contributed by atoms with Crippen molar-refractivity contribution in [1.29, 1.82) is 0 Å². The Morgan fingerprint density at radius 2 is 1.80 bits per heavy atom. The molecule has 0 saturated heterocycles. The van der Waals surface area contributed by atoms with Crippen LogP contribution in [0.1, 0.15) is 16.7 Å². The van der Waals surface area contributed by atoms with Gasteiger partial charge < -0.3 is 5.32 Å². The Kier molecular flexibility index (Phi) is 5.32. The quantitative estimate of drug-likeness (QED) is 0.860. The van der Waals surface area contributed by atoms with E-state index in [1.165, 1.54) is 17.2 Å². The summed E-state index contributed by atoms with van der Waals surface area (Å²) >= 11 is 3.40. The minimum absolute atomic E-state index is 0.141. The second-order valence-electron chi connectivity index (χ2n) is 5.12. The van der Waals surface area contributed by atoms with Gasteiger partial charge in [-0.1, -0.05) is 45.8 Å². The van der Waals surface area contributed by atoms with Crippen LogP contribution in [0.15, 0.2) is 46.9 Å². The molecule has 0 aliphatic carbocycles. The Bertz CT molecular complexity index is 566. The zero-order chi connectivity index (χ0) is 14.5. The van der Waals surface area contributed by atoms with E-state index in [1.807, 2.05) is 13.1 Å². The van der Waals surface area contributed by atoms with E-state index >= 15 is 0 Å². The molecule has 0 aromatic heterocycles. The van der Waals surface area contributed by atoms with Crippen LogP contribution in [0.2, 0.25) is 0 Å². The van der Waals surface area contributed by atoms with Crippen LogP contribution in [0, 0.1) is 12.7 Å². The van der Waals surface area contributed by atoms with Gasteiger partial charge in [0.05, 0.1) is 0 Å². The molecule has 0 amide bonds. The largest absolute Gasteiger partial charge is 0.316 e. The number of benzene rings is 2. The summed E-state index contributed by atoms with van der Waals surface area (Å²) in [7, 11) is 1.93. The second-order valence-corrected chi connectivity index (χ2v) is 6.03. The molecule has 20 heavy (non-hydrogen) atoms. The SMILES string of the molecule is CNC(Cc1ccc(C)cc1)Cc1cc(Br)ccc1F. The first-order chi connectivity index (χ1) is 9.58. The fraction of sp³-hybridized carbons (Fsp3) is 0.294. The van der Waals surface area contributed by atoms with Crippen molar-refractivity contribution < 1.29 is 4.39 Å². The standard InChI is InChI=1S/C17H19BrFN/c1-12-3-5-13(6-4-12)9-16(20-2)11-14-10-15(18)7-8-17(14)19/h3-8,10,16,20H,9,11H2,1-2H3. The highest BCUT2D eigenvalue weighted by molar-refractivity contribution is 9.10. The summed E-state index contributed by atoms with van der Waals surface area (Å²) in [4.78, 5) is 0. The third-order valence-electron chi connectivity index (χ3n) is 3.49. The van der Waals surface area contributed by atoms with Crippen molar-refractivity contribution in [3.05, 3.63) is 69.4 Å². The predicted octanol–water partition coefficient (Wildman–Crippen LogP) is 4.27. The Balaban J connectivity index is 2.08. The van der Waals surface area contributed by atoms with Crippen LogP contribution < -0.4 is 5.32 Å². The van der Waals surface area contributed by atoms with Gasteiger partial charge in [0.2, 0.25) is 0 Å². The fourth-order valence-electron chi connectivity index (χ4n) is 2.25. The molecular formula is C17H19BrFN. The molecule has 1 unspecified atom stereocenters. The van der Waals surface area contributed by atoms with Crippen molar-refractivity contribution in [3.8, 4) is 0 Å². The normalized spacial score (nSPS) is 12.4. The molecular weight excluding hydrogens is 317 g/mol. The van der Waals surface area contributed by atoms with Crippen LogP contribution in [0.4, 0.5) is 4.39 Å². The van der Waals surface area contributed by atoms with Gasteiger partial charge in [0.1, 0.15) is 5.82 Å². The highest BCUT2D eigenvalue weighted by atomic mass is 79.9. The van der Waals surface area contributed by atoms with Gasteiger partial charge in [0.15, 0.2) is 0 Å². The van der Waals surface area contributed by atoms with Crippen LogP contribution in [0.5, 0.6) is 0 Å². The maximum absolute atomic E-state index is 13.8. The van der Waals surface area contributed by atoms with E-state index in [1.54, 1.807) is 6.07 Å². The maximum atomic E-state index is 13.8. The number of hydrogen-bond donors (Lipinski definition) is 1. The Hall–Kier alpha value is -1.19. The number of rotatable bonds is 5. The molecule has 2 aromatic rings. The van der Waals surface area contributed by atoms with Crippen molar-refractivity contribution in [1.82, 2.24) is 5.32 Å². The third kappa shape index (κ3) is 4.15. The molecule has 0 heterocycles. The van der Waals surface area contributed by atoms with Crippen LogP contribution in [-0.2, 0) is 12.8 Å². The number of nitrogens with one attached hydrogen (secondary N) is 1. The van der Waals surface area contributed by atoms with E-state index in [-0.39, 0.29) is 11.9 Å². The third-order valence-corrected chi connectivity index (χ3v) is 3.98. The van der Waals surface area contributed by atoms with Crippen molar-refractivity contribution in [2.45, 2.75) is 25.8 Å². The lowest BCUT2D eigenvalue weighted by atomic mass is 9.98. The topological polar surface area (TPSA) is 12.0 Å². The van der Waals surface area contributed by atoms with Gasteiger partial charge in [-0.05, 0) is 56.1 Å². The van der Waals surface area contributed by atoms with Crippen molar-refractivity contribution in [3.63, 3.8) is 0 Å². The molecule has 2 rings (SSSR count). The highest BCUT2D eigenvalue weighted by Crippen LogP contribution is 2.18. The minimum atomic E-state index is -0.141. The molecule has 0 aliphatic heterocycles. The van der Waals surface area contributed by atoms with E-state index in [0.29, 0.717) is 6.42 Å². The molecule has 0 saturated carbocycles. The molecule has 1 nitrogen and oxygen atoms in total. The van der Waals surface area contributed by atoms with Gasteiger partial charge in [0.25, 0.3) is 0 Å². The van der Waals surface area contributed by atoms with Gasteiger partial charge in [-0.15, -0.1) is 0 Å². The van der Waals surface area contributed by atoms with Crippen LogP contribution in [-0.4, -0.2) is 13.1 Å². The average Bonchev–Trinajstić information content (AvgIpc) is 2.44. The summed E-state index contributed by atoms with van der Waals surface area (Å²) in [6.07, 6.45) is 1.57. The summed E-state index contributed by atoms with van der Waals surface area (Å²) < 4.78 is 14.7. The fourth-order valence-corrected chi connectivity index (χ4v) is 2.66. The second kappa shape index (κ2) is 7.00. The predicted molar refractivity (Wildman–Crippen MR) is 85.5 cm³/mol. The monoisotopic (exact) mass is 335 g/mol. The van der Waals surface area contributed by atoms with Gasteiger partial charge in [-0.3, -0.25) is 0 Å². The van der Waals surface area contributed by atoms with Crippen molar-refractivity contribution >= 4 is 15.9 Å². The molecule has 0 aliphatic rings. The first-order valence-electron chi connectivity index (χ1n) is 6.75. The zero-order valence-corrected chi connectivity index (χ0v) is 13.4. The number of aryl methyl sites for hydroxylation is 1. The number of likely N-dealkylation sites (N-methyl/N-ethyl adjacent to an activating group) is 1. The smallest absolute Gasteiger partial charge is 0.126 e. The Morgan fingerprint density at radius 1 is 1.10 bits per heavy atom. The number of halogens is 2. The minimum Gasteiger partial charge on any atom is -0.316 e. The Morgan fingerprint density at radius 3 is 2.45 bits per heavy atom. The van der Waals surface area contributed by atoms with Crippen LogP contribution >= 0.6 is 15.9 Å². The molecule has 0 radical (unpaired) electrons. The summed E-state index contributed by atoms with van der Waals surface area (Å²) in [6, 6.07) is 13.8. The van der Waals surface area contributed by atoms with E-state index in [4.69, 9.17) is 0 Å². The lowest BCUT2D eigenvalue weighted by molar-refractivity contribution is 0.532. The van der Waals surface area contributed by atoms with Gasteiger partial charge in [0, 0.05) is 10.5 Å². The molecule has 3 heteroatoms. The summed E-state index contributed by atoms with van der Waals surface area (Å²) in [5.74, 6) is -0.141. The van der Waals surface area contributed by atoms with Crippen molar-refractivity contribution in [2.75, 3.05) is 7.05 Å². The lowest BCUT2D eigenvalue weighted by Crippen LogP contribution is -2.30. The first-order valence-corrected chi connectivity index (χ1v) is 7.54. The molecule has 0 fully saturated rings. The number of hydrogen-bond acceptors (Lipinski definition) is 1. The van der Waals surface area contributed by atoms with E-state index < -0.39 is 0 Å². The van der Waals surface area contributed by atoms with Gasteiger partial charge in [-0.25, -0.2) is 4.39 Å². The average molecular weight is 336 g/mol. The van der Waals surface area contributed by atoms with E-state index in [9.17, 15) is 4.39 Å². The first kappa shape index (κ1) is 15.2. The summed E-state index contributed by atoms with van der Waals surface area (Å²) in [6.45, 7) is 2.08. The maximum Gasteiger partial charge on any atom is 0.126 e. The summed E-state index contributed by atoms with van der Waals surface area (Å²) in [5, 5.41) is 3.28. The highest BCUT2D eigenvalue weighted by Gasteiger charge is 2.12. The van der Waals surface area contributed by atoms with Crippen LogP contribution in [0.3, 0.4) is 0 Å². The Labute approximate surface area is 128 Å². The van der Waals surface area contributed by atoms with E-state index in [0.717, 1.165) is 16.5 Å². The molecule has 0 spiro atoms. The molecule has 1 atom stereocenters. The molecule has 0 bridgehead atoms. The zero-order valence-electron chi connectivity index (χ0n) is 11.8.